The zero-order valence-electron chi connectivity index (χ0n) is 17.0. The highest BCUT2D eigenvalue weighted by molar-refractivity contribution is 7.90. The maximum Gasteiger partial charge on any atom is 0.221 e. The quantitative estimate of drug-likeness (QED) is 0.398. The second-order valence-corrected chi connectivity index (χ2v) is 10.1. The van der Waals surface area contributed by atoms with E-state index in [1.807, 2.05) is 34.9 Å². The summed E-state index contributed by atoms with van der Waals surface area (Å²) in [6.45, 7) is 1.78. The van der Waals surface area contributed by atoms with Crippen LogP contribution in [0.4, 0.5) is 5.69 Å². The van der Waals surface area contributed by atoms with E-state index in [1.54, 1.807) is 24.3 Å². The molecule has 4 rings (SSSR count). The lowest BCUT2D eigenvalue weighted by Gasteiger charge is -2.11. The molecule has 0 unspecified atom stereocenters. The molecule has 0 atom stereocenters. The van der Waals surface area contributed by atoms with Gasteiger partial charge in [-0.3, -0.25) is 4.79 Å². The Morgan fingerprint density at radius 2 is 1.72 bits per heavy atom. The fourth-order valence-corrected chi connectivity index (χ4v) is 5.03. The van der Waals surface area contributed by atoms with Crippen LogP contribution >= 0.6 is 23.2 Å². The molecule has 0 aliphatic carbocycles. The molecule has 0 spiro atoms. The Morgan fingerprint density at radius 3 is 2.41 bits per heavy atom. The van der Waals surface area contributed by atoms with Gasteiger partial charge in [0.15, 0.2) is 9.84 Å². The van der Waals surface area contributed by atoms with Gasteiger partial charge in [-0.1, -0.05) is 41.4 Å². The Balaban J connectivity index is 1.70. The lowest BCUT2D eigenvalue weighted by atomic mass is 10.2. The van der Waals surface area contributed by atoms with Gasteiger partial charge in [-0.2, -0.15) is 0 Å². The molecular weight excluding hydrogens is 469 g/mol. The van der Waals surface area contributed by atoms with E-state index in [0.717, 1.165) is 11.1 Å². The highest BCUT2D eigenvalue weighted by Gasteiger charge is 2.21. The number of amides is 1. The number of carbonyl (C=O) groups excluding carboxylic acids is 1. The van der Waals surface area contributed by atoms with Gasteiger partial charge in [-0.25, -0.2) is 13.4 Å². The second kappa shape index (κ2) is 8.94. The van der Waals surface area contributed by atoms with E-state index < -0.39 is 9.84 Å². The number of nitrogens with one attached hydrogen (secondary N) is 1. The molecule has 1 heterocycles. The monoisotopic (exact) mass is 487 g/mol. The van der Waals surface area contributed by atoms with Crippen LogP contribution in [0.15, 0.2) is 71.6 Å². The standard InChI is InChI=1S/C23H19Cl2N3O3S/c1-15(29)26-17-7-9-18(10-8-17)32(30,31)14-23-27-21-4-2-3-5-22(21)28(23)13-16-6-11-19(24)20(25)12-16/h2-12H,13-14H2,1H3,(H,26,29). The first-order valence-electron chi connectivity index (χ1n) is 9.71. The molecule has 0 saturated carbocycles. The molecule has 0 saturated heterocycles. The van der Waals surface area contributed by atoms with Crippen molar-refractivity contribution in [2.45, 2.75) is 24.1 Å². The highest BCUT2D eigenvalue weighted by Crippen LogP contribution is 2.26. The van der Waals surface area contributed by atoms with Crippen LogP contribution in [0.2, 0.25) is 10.0 Å². The highest BCUT2D eigenvalue weighted by atomic mass is 35.5. The summed E-state index contributed by atoms with van der Waals surface area (Å²) in [5, 5.41) is 3.51. The number of benzene rings is 3. The summed E-state index contributed by atoms with van der Waals surface area (Å²) in [4.78, 5) is 15.9. The molecular formula is C23H19Cl2N3O3S. The zero-order valence-corrected chi connectivity index (χ0v) is 19.4. The number of carbonyl (C=O) groups is 1. The molecule has 4 aromatic rings. The van der Waals surface area contributed by atoms with Crippen molar-refractivity contribution in [1.82, 2.24) is 9.55 Å². The third kappa shape index (κ3) is 4.80. The molecule has 1 N–H and O–H groups in total. The summed E-state index contributed by atoms with van der Waals surface area (Å²) in [6, 6.07) is 18.9. The first-order valence-corrected chi connectivity index (χ1v) is 12.1. The van der Waals surface area contributed by atoms with E-state index in [2.05, 4.69) is 10.3 Å². The second-order valence-electron chi connectivity index (χ2n) is 7.32. The molecule has 0 radical (unpaired) electrons. The zero-order chi connectivity index (χ0) is 22.9. The summed E-state index contributed by atoms with van der Waals surface area (Å²) < 4.78 is 28.1. The lowest BCUT2D eigenvalue weighted by molar-refractivity contribution is -0.114. The first-order chi connectivity index (χ1) is 15.2. The van der Waals surface area contributed by atoms with Gasteiger partial charge >= 0.3 is 0 Å². The molecule has 0 fully saturated rings. The minimum Gasteiger partial charge on any atom is -0.326 e. The van der Waals surface area contributed by atoms with Crippen LogP contribution in [-0.2, 0) is 26.9 Å². The molecule has 1 amide bonds. The van der Waals surface area contributed by atoms with Crippen molar-refractivity contribution in [3.8, 4) is 0 Å². The molecule has 164 valence electrons. The minimum atomic E-state index is -3.68. The minimum absolute atomic E-state index is 0.153. The van der Waals surface area contributed by atoms with Gasteiger partial charge in [0.2, 0.25) is 5.91 Å². The number of rotatable bonds is 6. The smallest absolute Gasteiger partial charge is 0.221 e. The average molecular weight is 488 g/mol. The van der Waals surface area contributed by atoms with E-state index in [0.29, 0.717) is 33.6 Å². The van der Waals surface area contributed by atoms with Crippen LogP contribution < -0.4 is 5.32 Å². The van der Waals surface area contributed by atoms with E-state index in [1.165, 1.54) is 19.1 Å². The fourth-order valence-electron chi connectivity index (χ4n) is 3.43. The number of nitrogens with zero attached hydrogens (tertiary/aromatic N) is 2. The van der Waals surface area contributed by atoms with Gasteiger partial charge in [-0.05, 0) is 54.1 Å². The van der Waals surface area contributed by atoms with Crippen molar-refractivity contribution in [2.75, 3.05) is 5.32 Å². The summed E-state index contributed by atoms with van der Waals surface area (Å²) in [5.74, 6) is -0.0810. The summed E-state index contributed by atoms with van der Waals surface area (Å²) in [7, 11) is -3.68. The van der Waals surface area contributed by atoms with E-state index in [-0.39, 0.29) is 16.6 Å². The Hall–Kier alpha value is -2.87. The predicted molar refractivity (Wildman–Crippen MR) is 127 cm³/mol. The summed E-state index contributed by atoms with van der Waals surface area (Å²) >= 11 is 12.2. The predicted octanol–water partition coefficient (Wildman–Crippen LogP) is 5.32. The normalized spacial score (nSPS) is 11.6. The van der Waals surface area contributed by atoms with Crippen LogP contribution in [0, 0.1) is 0 Å². The maximum atomic E-state index is 13.1. The average Bonchev–Trinajstić information content (AvgIpc) is 3.07. The molecule has 3 aromatic carbocycles. The van der Waals surface area contributed by atoms with E-state index in [4.69, 9.17) is 23.2 Å². The number of hydrogen-bond donors (Lipinski definition) is 1. The number of sulfone groups is 1. The third-order valence-electron chi connectivity index (χ3n) is 4.91. The van der Waals surface area contributed by atoms with Gasteiger partial charge in [-0.15, -0.1) is 0 Å². The SMILES string of the molecule is CC(=O)Nc1ccc(S(=O)(=O)Cc2nc3ccccc3n2Cc2ccc(Cl)c(Cl)c2)cc1. The Labute approximate surface area is 195 Å². The van der Waals surface area contributed by atoms with Gasteiger partial charge in [0.1, 0.15) is 11.6 Å². The van der Waals surface area contributed by atoms with Crippen LogP contribution in [0.25, 0.3) is 11.0 Å². The van der Waals surface area contributed by atoms with Crippen LogP contribution in [-0.4, -0.2) is 23.9 Å². The van der Waals surface area contributed by atoms with Gasteiger partial charge in [0.25, 0.3) is 0 Å². The van der Waals surface area contributed by atoms with E-state index in [9.17, 15) is 13.2 Å². The van der Waals surface area contributed by atoms with Gasteiger partial charge in [0, 0.05) is 19.2 Å². The van der Waals surface area contributed by atoms with Gasteiger partial charge in [0.05, 0.1) is 26.0 Å². The number of fused-ring (bicyclic) bond motifs is 1. The summed E-state index contributed by atoms with van der Waals surface area (Å²) in [6.07, 6.45) is 0. The largest absolute Gasteiger partial charge is 0.326 e. The van der Waals surface area contributed by atoms with Crippen LogP contribution in [0.5, 0.6) is 0 Å². The number of aromatic nitrogens is 2. The Kier molecular flexibility index (Phi) is 6.24. The molecule has 9 heteroatoms. The van der Waals surface area contributed by atoms with E-state index >= 15 is 0 Å². The fraction of sp³-hybridized carbons (Fsp3) is 0.130. The molecule has 0 aliphatic heterocycles. The van der Waals surface area contributed by atoms with Crippen molar-refractivity contribution < 1.29 is 13.2 Å². The molecule has 1 aromatic heterocycles. The molecule has 0 bridgehead atoms. The van der Waals surface area contributed by atoms with Crippen molar-refractivity contribution in [2.24, 2.45) is 0 Å². The Morgan fingerprint density at radius 1 is 1.00 bits per heavy atom. The molecule has 0 aliphatic rings. The third-order valence-corrected chi connectivity index (χ3v) is 7.28. The van der Waals surface area contributed by atoms with Crippen LogP contribution in [0.1, 0.15) is 18.3 Å². The lowest BCUT2D eigenvalue weighted by Crippen LogP contribution is -2.12. The van der Waals surface area contributed by atoms with Crippen molar-refractivity contribution in [3.05, 3.63) is 88.2 Å². The summed E-state index contributed by atoms with van der Waals surface area (Å²) in [5.41, 5.74) is 2.94. The van der Waals surface area contributed by atoms with Crippen molar-refractivity contribution in [1.29, 1.82) is 0 Å². The molecule has 6 nitrogen and oxygen atoms in total. The number of anilines is 1. The maximum absolute atomic E-state index is 13.1. The first kappa shape index (κ1) is 22.3. The number of hydrogen-bond acceptors (Lipinski definition) is 4. The Bertz CT molecular complexity index is 1410. The number of imidazole rings is 1. The van der Waals surface area contributed by atoms with Crippen molar-refractivity contribution in [3.63, 3.8) is 0 Å². The molecule has 32 heavy (non-hydrogen) atoms. The topological polar surface area (TPSA) is 81.1 Å². The number of halogens is 2. The van der Waals surface area contributed by atoms with Gasteiger partial charge < -0.3 is 9.88 Å². The number of para-hydroxylation sites is 2. The van der Waals surface area contributed by atoms with Crippen molar-refractivity contribution >= 4 is 55.7 Å². The van der Waals surface area contributed by atoms with Crippen LogP contribution in [0.3, 0.4) is 0 Å².